The smallest absolute Gasteiger partial charge is 0.407 e. The van der Waals surface area contributed by atoms with Crippen molar-refractivity contribution in [1.82, 2.24) is 5.32 Å². The Hall–Kier alpha value is -4.08. The van der Waals surface area contributed by atoms with Gasteiger partial charge in [0.15, 0.2) is 6.29 Å². The number of rotatable bonds is 9. The van der Waals surface area contributed by atoms with Crippen molar-refractivity contribution >= 4 is 18.1 Å². The highest BCUT2D eigenvalue weighted by Gasteiger charge is 2.29. The third-order valence-corrected chi connectivity index (χ3v) is 6.13. The Balaban J connectivity index is 1.29. The van der Waals surface area contributed by atoms with Crippen molar-refractivity contribution in [2.75, 3.05) is 13.2 Å². The van der Waals surface area contributed by atoms with E-state index in [4.69, 9.17) is 4.74 Å². The molecule has 0 saturated heterocycles. The van der Waals surface area contributed by atoms with Gasteiger partial charge < -0.3 is 20.3 Å². The fraction of sp³-hybridized carbons (Fsp3) is 0.231. The lowest BCUT2D eigenvalue weighted by Gasteiger charge is -2.19. The molecule has 9 heteroatoms. The summed E-state index contributed by atoms with van der Waals surface area (Å²) in [6.07, 6.45) is -2.99. The molecule has 1 amide bonds. The Morgan fingerprint density at radius 3 is 2.29 bits per heavy atom. The van der Waals surface area contributed by atoms with Crippen LogP contribution in [0.2, 0.25) is 0 Å². The maximum atomic E-state index is 12.2. The molecule has 3 aromatic carbocycles. The number of fused-ring (bicyclic) bond motifs is 3. The van der Waals surface area contributed by atoms with E-state index >= 15 is 0 Å². The lowest BCUT2D eigenvalue weighted by Crippen LogP contribution is -2.30. The zero-order chi connectivity index (χ0) is 24.9. The number of nitrogens with one attached hydrogen (secondary N) is 1. The zero-order valence-corrected chi connectivity index (χ0v) is 18.7. The molecule has 3 N–H and O–H groups in total. The fourth-order valence-corrected chi connectivity index (χ4v) is 4.37. The molecule has 3 aromatic rings. The third kappa shape index (κ3) is 5.06. The second-order valence-electron chi connectivity index (χ2n) is 8.25. The van der Waals surface area contributed by atoms with Crippen molar-refractivity contribution in [3.8, 4) is 11.1 Å². The van der Waals surface area contributed by atoms with Crippen molar-refractivity contribution in [2.24, 2.45) is 0 Å². The summed E-state index contributed by atoms with van der Waals surface area (Å²) in [6, 6.07) is 19.5. The molecule has 1 aliphatic carbocycles. The molecule has 0 bridgehead atoms. The number of hydrogen-bond acceptors (Lipinski definition) is 7. The number of amides is 1. The van der Waals surface area contributed by atoms with Crippen LogP contribution in [0.4, 0.5) is 10.5 Å². The molecule has 2 unspecified atom stereocenters. The Bertz CT molecular complexity index is 1210. The van der Waals surface area contributed by atoms with Crippen LogP contribution in [-0.2, 0) is 4.74 Å². The van der Waals surface area contributed by atoms with Crippen LogP contribution in [-0.4, -0.2) is 46.8 Å². The number of benzene rings is 3. The molecule has 0 fully saturated rings. The summed E-state index contributed by atoms with van der Waals surface area (Å²) in [6.45, 7) is 0.185. The van der Waals surface area contributed by atoms with Crippen molar-refractivity contribution in [2.45, 2.75) is 24.5 Å². The highest BCUT2D eigenvalue weighted by atomic mass is 16.6. The van der Waals surface area contributed by atoms with Crippen LogP contribution in [0.25, 0.3) is 11.1 Å². The van der Waals surface area contributed by atoms with Crippen molar-refractivity contribution in [3.05, 3.63) is 99.1 Å². The van der Waals surface area contributed by atoms with E-state index < -0.39 is 23.2 Å². The number of ether oxygens (including phenoxy) is 1. The van der Waals surface area contributed by atoms with Gasteiger partial charge in [-0.05, 0) is 46.4 Å². The first-order chi connectivity index (χ1) is 16.9. The summed E-state index contributed by atoms with van der Waals surface area (Å²) in [5.74, 6) is -0.0743. The molecule has 0 heterocycles. The van der Waals surface area contributed by atoms with E-state index in [0.29, 0.717) is 6.29 Å². The minimum absolute atomic E-state index is 0.00122. The van der Waals surface area contributed by atoms with Crippen molar-refractivity contribution < 1.29 is 29.5 Å². The summed E-state index contributed by atoms with van der Waals surface area (Å²) >= 11 is 0. The molecule has 180 valence electrons. The minimum Gasteiger partial charge on any atom is -0.449 e. The minimum atomic E-state index is -1.39. The average molecular weight is 476 g/mol. The van der Waals surface area contributed by atoms with E-state index in [9.17, 15) is 29.9 Å². The van der Waals surface area contributed by atoms with Gasteiger partial charge in [0.2, 0.25) is 0 Å². The van der Waals surface area contributed by atoms with Crippen LogP contribution in [0.1, 0.15) is 45.5 Å². The van der Waals surface area contributed by atoms with Crippen LogP contribution < -0.4 is 5.32 Å². The molecule has 2 atom stereocenters. The molecule has 4 rings (SSSR count). The zero-order valence-electron chi connectivity index (χ0n) is 18.7. The highest BCUT2D eigenvalue weighted by molar-refractivity contribution is 5.82. The Labute approximate surface area is 201 Å². The molecular formula is C26H24N2O7. The summed E-state index contributed by atoms with van der Waals surface area (Å²) in [5.41, 5.74) is 4.01. The number of nitro benzene ring substituents is 1. The van der Waals surface area contributed by atoms with Gasteiger partial charge in [-0.15, -0.1) is 0 Å². The Morgan fingerprint density at radius 2 is 1.69 bits per heavy atom. The normalized spacial score (nSPS) is 13.9. The summed E-state index contributed by atoms with van der Waals surface area (Å²) < 4.78 is 5.44. The number of nitro groups is 1. The van der Waals surface area contributed by atoms with Gasteiger partial charge >= 0.3 is 6.09 Å². The number of nitrogens with zero attached hydrogens (tertiary/aromatic N) is 1. The van der Waals surface area contributed by atoms with Crippen LogP contribution in [0, 0.1) is 10.1 Å². The SMILES string of the molecule is O=Cc1cc(C(O)C(O)CCNC(=O)OCC2c3ccccc3-c3ccccc32)ccc1[N+](=O)[O-]. The molecular weight excluding hydrogens is 452 g/mol. The third-order valence-electron chi connectivity index (χ3n) is 6.13. The standard InChI is InChI=1S/C26H24N2O7/c29-14-17-13-16(9-10-23(17)28(33)34)25(31)24(30)11-12-27-26(32)35-15-22-20-7-3-1-5-18(20)19-6-2-4-8-21(19)22/h1-10,13-14,22,24-25,30-31H,11-12,15H2,(H,27,32). The number of hydrogen-bond donors (Lipinski definition) is 3. The number of aldehydes is 1. The number of carbonyl (C=O) groups is 2. The molecule has 1 aliphatic rings. The molecule has 9 nitrogen and oxygen atoms in total. The molecule has 0 saturated carbocycles. The van der Waals surface area contributed by atoms with E-state index in [1.807, 2.05) is 48.5 Å². The number of alkyl carbamates (subject to hydrolysis) is 1. The van der Waals surface area contributed by atoms with Gasteiger partial charge in [0.1, 0.15) is 12.7 Å². The molecule has 0 spiro atoms. The summed E-state index contributed by atoms with van der Waals surface area (Å²) in [7, 11) is 0. The van der Waals surface area contributed by atoms with Gasteiger partial charge in [0.25, 0.3) is 5.69 Å². The first kappa shape index (κ1) is 24.1. The van der Waals surface area contributed by atoms with Gasteiger partial charge in [-0.2, -0.15) is 0 Å². The largest absolute Gasteiger partial charge is 0.449 e. The lowest BCUT2D eigenvalue weighted by atomic mass is 9.98. The lowest BCUT2D eigenvalue weighted by molar-refractivity contribution is -0.385. The summed E-state index contributed by atoms with van der Waals surface area (Å²) in [4.78, 5) is 33.6. The number of aliphatic hydroxyl groups is 2. The van der Waals surface area contributed by atoms with Crippen LogP contribution in [0.3, 0.4) is 0 Å². The second-order valence-corrected chi connectivity index (χ2v) is 8.25. The molecule has 0 radical (unpaired) electrons. The van der Waals surface area contributed by atoms with E-state index in [-0.39, 0.29) is 42.3 Å². The van der Waals surface area contributed by atoms with E-state index in [1.54, 1.807) is 0 Å². The van der Waals surface area contributed by atoms with Crippen LogP contribution in [0.15, 0.2) is 66.7 Å². The van der Waals surface area contributed by atoms with Crippen molar-refractivity contribution in [1.29, 1.82) is 0 Å². The quantitative estimate of drug-likeness (QED) is 0.243. The van der Waals surface area contributed by atoms with E-state index in [1.165, 1.54) is 6.07 Å². The Morgan fingerprint density at radius 1 is 1.06 bits per heavy atom. The summed E-state index contributed by atoms with van der Waals surface area (Å²) in [5, 5.41) is 34.1. The first-order valence-corrected chi connectivity index (χ1v) is 11.1. The van der Waals surface area contributed by atoms with Crippen LogP contribution >= 0.6 is 0 Å². The predicted molar refractivity (Wildman–Crippen MR) is 127 cm³/mol. The number of carbonyl (C=O) groups excluding carboxylic acids is 2. The van der Waals surface area contributed by atoms with Gasteiger partial charge in [-0.3, -0.25) is 14.9 Å². The van der Waals surface area contributed by atoms with Gasteiger partial charge in [-0.25, -0.2) is 4.79 Å². The fourth-order valence-electron chi connectivity index (χ4n) is 4.37. The molecule has 35 heavy (non-hydrogen) atoms. The van der Waals surface area contributed by atoms with Gasteiger partial charge in [0, 0.05) is 18.5 Å². The first-order valence-electron chi connectivity index (χ1n) is 11.1. The van der Waals surface area contributed by atoms with E-state index in [2.05, 4.69) is 5.32 Å². The number of aliphatic hydroxyl groups excluding tert-OH is 2. The van der Waals surface area contributed by atoms with Gasteiger partial charge in [0.05, 0.1) is 16.6 Å². The average Bonchev–Trinajstić information content (AvgIpc) is 3.20. The maximum Gasteiger partial charge on any atom is 0.407 e. The Kier molecular flexibility index (Phi) is 7.19. The van der Waals surface area contributed by atoms with E-state index in [0.717, 1.165) is 34.4 Å². The highest BCUT2D eigenvalue weighted by Crippen LogP contribution is 2.44. The monoisotopic (exact) mass is 476 g/mol. The van der Waals surface area contributed by atoms with Gasteiger partial charge in [-0.1, -0.05) is 48.5 Å². The second kappa shape index (κ2) is 10.5. The molecule has 0 aliphatic heterocycles. The molecule has 0 aromatic heterocycles. The maximum absolute atomic E-state index is 12.2. The van der Waals surface area contributed by atoms with Crippen molar-refractivity contribution in [3.63, 3.8) is 0 Å². The topological polar surface area (TPSA) is 139 Å². The predicted octanol–water partition coefficient (Wildman–Crippen LogP) is 3.73. The van der Waals surface area contributed by atoms with Crippen LogP contribution in [0.5, 0.6) is 0 Å².